The van der Waals surface area contributed by atoms with E-state index in [0.717, 1.165) is 14.4 Å². The average molecular weight is 273 g/mol. The average Bonchev–Trinajstić information content (AvgIpc) is 2.73. The number of hydrogen-bond acceptors (Lipinski definition) is 3. The Morgan fingerprint density at radius 2 is 2.29 bits per heavy atom. The predicted molar refractivity (Wildman–Crippen MR) is 59.3 cm³/mol. The first-order valence-corrected chi connectivity index (χ1v) is 5.70. The summed E-state index contributed by atoms with van der Waals surface area (Å²) in [4.78, 5) is 0.917. The molecule has 2 rings (SSSR count). The van der Waals surface area contributed by atoms with Crippen LogP contribution in [0.4, 0.5) is 0 Å². The second-order valence-electron chi connectivity index (χ2n) is 2.92. The molecule has 0 saturated heterocycles. The van der Waals surface area contributed by atoms with Crippen LogP contribution in [-0.4, -0.2) is 14.9 Å². The lowest BCUT2D eigenvalue weighted by atomic mass is 10.2. The fourth-order valence-electron chi connectivity index (χ4n) is 1.27. The van der Waals surface area contributed by atoms with E-state index in [1.807, 2.05) is 25.2 Å². The molecule has 1 unspecified atom stereocenters. The van der Waals surface area contributed by atoms with E-state index >= 15 is 0 Å². The molecule has 0 saturated carbocycles. The smallest absolute Gasteiger partial charge is 0.130 e. The van der Waals surface area contributed by atoms with Crippen LogP contribution in [-0.2, 0) is 7.05 Å². The van der Waals surface area contributed by atoms with E-state index in [4.69, 9.17) is 0 Å². The normalized spacial score (nSPS) is 13.1. The zero-order chi connectivity index (χ0) is 10.1. The summed E-state index contributed by atoms with van der Waals surface area (Å²) in [6.07, 6.45) is 1.10. The van der Waals surface area contributed by atoms with Gasteiger partial charge in [-0.2, -0.15) is 5.10 Å². The number of hydrogen-bond donors (Lipinski definition) is 1. The van der Waals surface area contributed by atoms with Gasteiger partial charge in [0.05, 0.1) is 9.48 Å². The van der Waals surface area contributed by atoms with Crippen LogP contribution in [0.5, 0.6) is 0 Å². The van der Waals surface area contributed by atoms with Gasteiger partial charge in [0.15, 0.2) is 0 Å². The van der Waals surface area contributed by atoms with Crippen molar-refractivity contribution in [2.45, 2.75) is 6.10 Å². The van der Waals surface area contributed by atoms with Gasteiger partial charge in [-0.25, -0.2) is 0 Å². The Balaban J connectivity index is 2.33. The highest BCUT2D eigenvalue weighted by atomic mass is 79.9. The molecule has 0 aromatic carbocycles. The summed E-state index contributed by atoms with van der Waals surface area (Å²) in [6.45, 7) is 0. The van der Waals surface area contributed by atoms with Crippen LogP contribution < -0.4 is 0 Å². The lowest BCUT2D eigenvalue weighted by molar-refractivity contribution is 0.213. The molecule has 0 aliphatic heterocycles. The first-order valence-electron chi connectivity index (χ1n) is 4.09. The number of halogens is 1. The number of aliphatic hydroxyl groups is 1. The van der Waals surface area contributed by atoms with Gasteiger partial charge in [-0.1, -0.05) is 0 Å². The summed E-state index contributed by atoms with van der Waals surface area (Å²) >= 11 is 4.90. The summed E-state index contributed by atoms with van der Waals surface area (Å²) in [5.74, 6) is 0. The largest absolute Gasteiger partial charge is 0.381 e. The van der Waals surface area contributed by atoms with Gasteiger partial charge >= 0.3 is 0 Å². The van der Waals surface area contributed by atoms with Gasteiger partial charge in [-0.05, 0) is 34.1 Å². The molecular weight excluding hydrogens is 264 g/mol. The highest BCUT2D eigenvalue weighted by molar-refractivity contribution is 9.11. The third-order valence-corrected chi connectivity index (χ3v) is 3.68. The molecule has 0 bridgehead atoms. The van der Waals surface area contributed by atoms with Gasteiger partial charge in [0.25, 0.3) is 0 Å². The Bertz CT molecular complexity index is 437. The van der Waals surface area contributed by atoms with E-state index in [1.165, 1.54) is 11.3 Å². The standard InChI is InChI=1S/C9H9BrN2OS/c1-12-6(4-5-11-12)9(13)7-2-3-8(10)14-7/h2-5,9,13H,1H3. The number of rotatable bonds is 2. The second-order valence-corrected chi connectivity index (χ2v) is 5.42. The molecule has 0 aliphatic carbocycles. The molecular formula is C9H9BrN2OS. The Hall–Kier alpha value is -0.650. The van der Waals surface area contributed by atoms with Crippen LogP contribution in [0.15, 0.2) is 28.2 Å². The highest BCUT2D eigenvalue weighted by Gasteiger charge is 2.15. The van der Waals surface area contributed by atoms with Crippen molar-refractivity contribution < 1.29 is 5.11 Å². The highest BCUT2D eigenvalue weighted by Crippen LogP contribution is 2.30. The zero-order valence-electron chi connectivity index (χ0n) is 7.51. The van der Waals surface area contributed by atoms with Crippen molar-refractivity contribution in [1.29, 1.82) is 0 Å². The van der Waals surface area contributed by atoms with Crippen LogP contribution in [0.25, 0.3) is 0 Å². The lowest BCUT2D eigenvalue weighted by Gasteiger charge is -2.08. The molecule has 0 amide bonds. The Kier molecular flexibility index (Phi) is 2.71. The van der Waals surface area contributed by atoms with Gasteiger partial charge in [-0.15, -0.1) is 11.3 Å². The van der Waals surface area contributed by atoms with Gasteiger partial charge in [0.2, 0.25) is 0 Å². The minimum atomic E-state index is -0.584. The molecule has 14 heavy (non-hydrogen) atoms. The maximum atomic E-state index is 10.0. The van der Waals surface area contributed by atoms with E-state index in [1.54, 1.807) is 10.9 Å². The van der Waals surface area contributed by atoms with Gasteiger partial charge in [0, 0.05) is 18.1 Å². The van der Waals surface area contributed by atoms with Gasteiger partial charge in [-0.3, -0.25) is 4.68 Å². The molecule has 2 aromatic heterocycles. The molecule has 1 N–H and O–H groups in total. The second kappa shape index (κ2) is 3.84. The SMILES string of the molecule is Cn1nccc1C(O)c1ccc(Br)s1. The van der Waals surface area contributed by atoms with Gasteiger partial charge in [0.1, 0.15) is 6.10 Å². The number of aromatic nitrogens is 2. The molecule has 0 spiro atoms. The summed E-state index contributed by atoms with van der Waals surface area (Å²) in [7, 11) is 1.82. The van der Waals surface area contributed by atoms with Crippen molar-refractivity contribution in [1.82, 2.24) is 9.78 Å². The van der Waals surface area contributed by atoms with Crippen LogP contribution in [0.2, 0.25) is 0 Å². The Morgan fingerprint density at radius 1 is 1.50 bits per heavy atom. The number of thiophene rings is 1. The van der Waals surface area contributed by atoms with E-state index in [-0.39, 0.29) is 0 Å². The number of aliphatic hydroxyl groups excluding tert-OH is 1. The van der Waals surface area contributed by atoms with Crippen LogP contribution in [0.1, 0.15) is 16.7 Å². The summed E-state index contributed by atoms with van der Waals surface area (Å²) in [5, 5.41) is 14.0. The van der Waals surface area contributed by atoms with Crippen LogP contribution in [0, 0.1) is 0 Å². The van der Waals surface area contributed by atoms with Crippen LogP contribution >= 0.6 is 27.3 Å². The third-order valence-electron chi connectivity index (χ3n) is 2.00. The molecule has 5 heteroatoms. The summed E-state index contributed by atoms with van der Waals surface area (Å²) in [5.41, 5.74) is 0.805. The summed E-state index contributed by atoms with van der Waals surface area (Å²) < 4.78 is 2.70. The van der Waals surface area contributed by atoms with Crippen molar-refractivity contribution in [2.24, 2.45) is 7.05 Å². The lowest BCUT2D eigenvalue weighted by Crippen LogP contribution is -2.04. The monoisotopic (exact) mass is 272 g/mol. The van der Waals surface area contributed by atoms with Crippen molar-refractivity contribution in [2.75, 3.05) is 0 Å². The van der Waals surface area contributed by atoms with Crippen LogP contribution in [0.3, 0.4) is 0 Å². The Labute approximate surface area is 94.1 Å². The molecule has 74 valence electrons. The zero-order valence-corrected chi connectivity index (χ0v) is 9.92. The molecule has 2 heterocycles. The van der Waals surface area contributed by atoms with Gasteiger partial charge < -0.3 is 5.11 Å². The first-order chi connectivity index (χ1) is 6.68. The molecule has 1 atom stereocenters. The van der Waals surface area contributed by atoms with E-state index in [2.05, 4.69) is 21.0 Å². The van der Waals surface area contributed by atoms with E-state index < -0.39 is 6.10 Å². The van der Waals surface area contributed by atoms with E-state index in [9.17, 15) is 5.11 Å². The molecule has 0 fully saturated rings. The molecule has 3 nitrogen and oxygen atoms in total. The van der Waals surface area contributed by atoms with Crippen molar-refractivity contribution in [3.8, 4) is 0 Å². The van der Waals surface area contributed by atoms with Crippen molar-refractivity contribution in [3.63, 3.8) is 0 Å². The van der Waals surface area contributed by atoms with E-state index in [0.29, 0.717) is 0 Å². The Morgan fingerprint density at radius 3 is 2.79 bits per heavy atom. The minimum absolute atomic E-state index is 0.584. The number of aryl methyl sites for hydroxylation is 1. The molecule has 0 aliphatic rings. The summed E-state index contributed by atoms with van der Waals surface area (Å²) in [6, 6.07) is 5.66. The topological polar surface area (TPSA) is 38.0 Å². The fourth-order valence-corrected chi connectivity index (χ4v) is 2.70. The molecule has 0 radical (unpaired) electrons. The van der Waals surface area contributed by atoms with Crippen molar-refractivity contribution >= 4 is 27.3 Å². The fraction of sp³-hybridized carbons (Fsp3) is 0.222. The van der Waals surface area contributed by atoms with Crippen molar-refractivity contribution in [3.05, 3.63) is 38.8 Å². The minimum Gasteiger partial charge on any atom is -0.381 e. The molecule has 2 aromatic rings. The third kappa shape index (κ3) is 1.75. The maximum Gasteiger partial charge on any atom is 0.130 e. The number of nitrogens with zero attached hydrogens (tertiary/aromatic N) is 2. The quantitative estimate of drug-likeness (QED) is 0.911. The maximum absolute atomic E-state index is 10.0. The first kappa shape index (κ1) is 9.89. The predicted octanol–water partition coefficient (Wildman–Crippen LogP) is 2.33.